The number of carbonyl (C=O) groups excluding carboxylic acids is 1. The number of hydrogen-bond donors (Lipinski definition) is 0. The van der Waals surface area contributed by atoms with Gasteiger partial charge in [-0.25, -0.2) is 4.79 Å². The molecule has 0 N–H and O–H groups in total. The van der Waals surface area contributed by atoms with Crippen molar-refractivity contribution in [3.05, 3.63) is 83.9 Å². The number of esters is 1. The smallest absolute Gasteiger partial charge is 0.349 e. The van der Waals surface area contributed by atoms with Crippen LogP contribution in [0.5, 0.6) is 11.5 Å². The van der Waals surface area contributed by atoms with Crippen molar-refractivity contribution >= 4 is 17.6 Å². The van der Waals surface area contributed by atoms with Gasteiger partial charge in [0, 0.05) is 5.02 Å². The van der Waals surface area contributed by atoms with E-state index in [1.54, 1.807) is 36.4 Å². The molecule has 0 aromatic heterocycles. The average Bonchev–Trinajstić information content (AvgIpc) is 2.61. The second kappa shape index (κ2) is 7.66. The Hall–Kier alpha value is -2.78. The Kier molecular flexibility index (Phi) is 5.14. The first-order valence-electron chi connectivity index (χ1n) is 7.45. The average molecular weight is 339 g/mol. The maximum atomic E-state index is 11.8. The molecule has 24 heavy (non-hydrogen) atoms. The molecule has 3 aromatic rings. The third kappa shape index (κ3) is 4.37. The normalized spacial score (nSPS) is 10.2. The van der Waals surface area contributed by atoms with Gasteiger partial charge in [-0.15, -0.1) is 0 Å². The first-order valence-corrected chi connectivity index (χ1v) is 7.83. The highest BCUT2D eigenvalue weighted by molar-refractivity contribution is 6.30. The molecule has 0 saturated heterocycles. The van der Waals surface area contributed by atoms with Gasteiger partial charge in [0.05, 0.1) is 0 Å². The van der Waals surface area contributed by atoms with Gasteiger partial charge in [0.25, 0.3) is 0 Å². The summed E-state index contributed by atoms with van der Waals surface area (Å²) in [6.45, 7) is -0.180. The monoisotopic (exact) mass is 338 g/mol. The van der Waals surface area contributed by atoms with Crippen molar-refractivity contribution in [3.63, 3.8) is 0 Å². The summed E-state index contributed by atoms with van der Waals surface area (Å²) < 4.78 is 10.6. The summed E-state index contributed by atoms with van der Waals surface area (Å²) in [5.41, 5.74) is 2.17. The number of carbonyl (C=O) groups is 1. The van der Waals surface area contributed by atoms with Gasteiger partial charge in [-0.05, 0) is 41.5 Å². The molecule has 0 aliphatic heterocycles. The Bertz CT molecular complexity index is 814. The summed E-state index contributed by atoms with van der Waals surface area (Å²) in [6.07, 6.45) is 0. The molecule has 0 fully saturated rings. The highest BCUT2D eigenvalue weighted by Crippen LogP contribution is 2.22. The minimum absolute atomic E-state index is 0.180. The zero-order valence-electron chi connectivity index (χ0n) is 12.8. The third-order valence-electron chi connectivity index (χ3n) is 3.35. The molecule has 3 nitrogen and oxygen atoms in total. The standard InChI is InChI=1S/C20H15ClO3/c21-17-7-4-8-19(13-17)23-14-20(22)24-18-11-9-16(10-12-18)15-5-2-1-3-6-15/h1-13H,14H2. The lowest BCUT2D eigenvalue weighted by Crippen LogP contribution is -2.17. The third-order valence-corrected chi connectivity index (χ3v) is 3.58. The second-order valence-electron chi connectivity index (χ2n) is 5.11. The lowest BCUT2D eigenvalue weighted by Gasteiger charge is -2.08. The minimum atomic E-state index is -0.470. The van der Waals surface area contributed by atoms with Crippen molar-refractivity contribution in [2.45, 2.75) is 0 Å². The molecule has 4 heteroatoms. The summed E-state index contributed by atoms with van der Waals surface area (Å²) in [5, 5.41) is 0.553. The molecule has 120 valence electrons. The first-order chi connectivity index (χ1) is 11.7. The number of benzene rings is 3. The quantitative estimate of drug-likeness (QED) is 0.485. The SMILES string of the molecule is O=C(COc1cccc(Cl)c1)Oc1ccc(-c2ccccc2)cc1. The van der Waals surface area contributed by atoms with Crippen LogP contribution in [-0.4, -0.2) is 12.6 Å². The van der Waals surface area contributed by atoms with E-state index in [9.17, 15) is 4.79 Å². The minimum Gasteiger partial charge on any atom is -0.482 e. The lowest BCUT2D eigenvalue weighted by molar-refractivity contribution is -0.136. The fourth-order valence-corrected chi connectivity index (χ4v) is 2.39. The Labute approximate surface area is 145 Å². The number of ether oxygens (including phenoxy) is 2. The molecule has 0 aliphatic carbocycles. The molecule has 0 heterocycles. The fourth-order valence-electron chi connectivity index (χ4n) is 2.21. The van der Waals surface area contributed by atoms with Gasteiger partial charge in [-0.2, -0.15) is 0 Å². The molecule has 3 aromatic carbocycles. The van der Waals surface area contributed by atoms with E-state index in [-0.39, 0.29) is 6.61 Å². The topological polar surface area (TPSA) is 35.5 Å². The summed E-state index contributed by atoms with van der Waals surface area (Å²) in [7, 11) is 0. The number of hydrogen-bond acceptors (Lipinski definition) is 3. The van der Waals surface area contributed by atoms with Crippen LogP contribution < -0.4 is 9.47 Å². The van der Waals surface area contributed by atoms with E-state index >= 15 is 0 Å². The molecular formula is C20H15ClO3. The van der Waals surface area contributed by atoms with Gasteiger partial charge >= 0.3 is 5.97 Å². The van der Waals surface area contributed by atoms with Gasteiger partial charge in [0.15, 0.2) is 6.61 Å². The van der Waals surface area contributed by atoms with E-state index in [1.807, 2.05) is 42.5 Å². The van der Waals surface area contributed by atoms with Gasteiger partial charge in [0.2, 0.25) is 0 Å². The molecule has 0 unspecified atom stereocenters. The fraction of sp³-hybridized carbons (Fsp3) is 0.0500. The molecule has 0 radical (unpaired) electrons. The van der Waals surface area contributed by atoms with Crippen LogP contribution in [0.2, 0.25) is 5.02 Å². The van der Waals surface area contributed by atoms with Gasteiger partial charge in [0.1, 0.15) is 11.5 Å². The highest BCUT2D eigenvalue weighted by Gasteiger charge is 2.07. The Morgan fingerprint density at radius 2 is 1.50 bits per heavy atom. The van der Waals surface area contributed by atoms with Crippen molar-refractivity contribution in [2.24, 2.45) is 0 Å². The largest absolute Gasteiger partial charge is 0.482 e. The predicted molar refractivity (Wildman–Crippen MR) is 94.5 cm³/mol. The molecule has 0 spiro atoms. The maximum absolute atomic E-state index is 11.8. The molecule has 0 atom stereocenters. The highest BCUT2D eigenvalue weighted by atomic mass is 35.5. The molecule has 0 bridgehead atoms. The molecular weight excluding hydrogens is 324 g/mol. The summed E-state index contributed by atoms with van der Waals surface area (Å²) in [5.74, 6) is 0.538. The first kappa shape index (κ1) is 16.1. The lowest BCUT2D eigenvalue weighted by atomic mass is 10.1. The van der Waals surface area contributed by atoms with E-state index in [1.165, 1.54) is 0 Å². The van der Waals surface area contributed by atoms with E-state index in [0.29, 0.717) is 16.5 Å². The zero-order chi connectivity index (χ0) is 16.8. The van der Waals surface area contributed by atoms with Gasteiger partial charge in [-0.3, -0.25) is 0 Å². The van der Waals surface area contributed by atoms with Crippen LogP contribution in [0.1, 0.15) is 0 Å². The van der Waals surface area contributed by atoms with Crippen LogP contribution in [-0.2, 0) is 4.79 Å². The summed E-state index contributed by atoms with van der Waals surface area (Å²) in [4.78, 5) is 11.8. The van der Waals surface area contributed by atoms with Crippen molar-refractivity contribution in [3.8, 4) is 22.6 Å². The van der Waals surface area contributed by atoms with Crippen molar-refractivity contribution in [1.29, 1.82) is 0 Å². The summed E-state index contributed by atoms with van der Waals surface area (Å²) >= 11 is 5.86. The van der Waals surface area contributed by atoms with Crippen LogP contribution in [0.4, 0.5) is 0 Å². The van der Waals surface area contributed by atoms with Crippen molar-refractivity contribution in [1.82, 2.24) is 0 Å². The van der Waals surface area contributed by atoms with Crippen LogP contribution in [0, 0.1) is 0 Å². The summed E-state index contributed by atoms with van der Waals surface area (Å²) in [6, 6.07) is 24.2. The molecule has 0 aliphatic rings. The van der Waals surface area contributed by atoms with E-state index < -0.39 is 5.97 Å². The van der Waals surface area contributed by atoms with Crippen LogP contribution in [0.15, 0.2) is 78.9 Å². The van der Waals surface area contributed by atoms with Crippen LogP contribution >= 0.6 is 11.6 Å². The van der Waals surface area contributed by atoms with Gasteiger partial charge < -0.3 is 9.47 Å². The second-order valence-corrected chi connectivity index (χ2v) is 5.55. The van der Waals surface area contributed by atoms with Crippen LogP contribution in [0.3, 0.4) is 0 Å². The number of rotatable bonds is 5. The van der Waals surface area contributed by atoms with E-state index in [0.717, 1.165) is 11.1 Å². The van der Waals surface area contributed by atoms with E-state index in [2.05, 4.69) is 0 Å². The molecule has 0 amide bonds. The zero-order valence-corrected chi connectivity index (χ0v) is 13.6. The molecule has 3 rings (SSSR count). The number of halogens is 1. The Balaban J connectivity index is 1.57. The Morgan fingerprint density at radius 1 is 0.792 bits per heavy atom. The Morgan fingerprint density at radius 3 is 2.21 bits per heavy atom. The van der Waals surface area contributed by atoms with Crippen molar-refractivity contribution in [2.75, 3.05) is 6.61 Å². The maximum Gasteiger partial charge on any atom is 0.349 e. The van der Waals surface area contributed by atoms with Crippen molar-refractivity contribution < 1.29 is 14.3 Å². The van der Waals surface area contributed by atoms with Gasteiger partial charge in [-0.1, -0.05) is 60.1 Å². The van der Waals surface area contributed by atoms with E-state index in [4.69, 9.17) is 21.1 Å². The predicted octanol–water partition coefficient (Wildman–Crippen LogP) is 4.99. The van der Waals surface area contributed by atoms with Crippen LogP contribution in [0.25, 0.3) is 11.1 Å². The molecule has 0 saturated carbocycles.